The van der Waals surface area contributed by atoms with Crippen molar-refractivity contribution in [3.8, 4) is 0 Å². The number of nitrogen functional groups attached to an aromatic ring is 1. The molecule has 1 atom stereocenters. The molecule has 0 bridgehead atoms. The van der Waals surface area contributed by atoms with Gasteiger partial charge in [-0.05, 0) is 25.1 Å². The van der Waals surface area contributed by atoms with Gasteiger partial charge in [0.25, 0.3) is 0 Å². The van der Waals surface area contributed by atoms with Crippen LogP contribution in [-0.4, -0.2) is 37.9 Å². The molecule has 0 aliphatic rings. The molecular formula is C13H20N2O3. The zero-order valence-electron chi connectivity index (χ0n) is 11.0. The zero-order valence-corrected chi connectivity index (χ0v) is 11.0. The smallest absolute Gasteiger partial charge is 0.338 e. The van der Waals surface area contributed by atoms with E-state index in [0.717, 1.165) is 5.69 Å². The molecule has 0 saturated heterocycles. The zero-order chi connectivity index (χ0) is 13.7. The van der Waals surface area contributed by atoms with E-state index < -0.39 is 12.1 Å². The Hall–Kier alpha value is -1.75. The second-order valence-electron chi connectivity index (χ2n) is 4.44. The summed E-state index contributed by atoms with van der Waals surface area (Å²) < 4.78 is 5.03. The van der Waals surface area contributed by atoms with Gasteiger partial charge in [0.15, 0.2) is 0 Å². The third-order valence-electron chi connectivity index (χ3n) is 2.51. The summed E-state index contributed by atoms with van der Waals surface area (Å²) in [5.74, 6) is -0.423. The lowest BCUT2D eigenvalue weighted by Gasteiger charge is -2.15. The Morgan fingerprint density at radius 1 is 1.50 bits per heavy atom. The number of rotatable bonds is 5. The van der Waals surface area contributed by atoms with E-state index in [0.29, 0.717) is 17.7 Å². The van der Waals surface area contributed by atoms with Gasteiger partial charge in [-0.2, -0.15) is 0 Å². The quantitative estimate of drug-likeness (QED) is 0.609. The van der Waals surface area contributed by atoms with E-state index in [-0.39, 0.29) is 6.61 Å². The molecule has 1 aromatic carbocycles. The Kier molecular flexibility index (Phi) is 4.97. The predicted octanol–water partition coefficient (Wildman–Crippen LogP) is 1.26. The fourth-order valence-electron chi connectivity index (χ4n) is 1.49. The summed E-state index contributed by atoms with van der Waals surface area (Å²) in [4.78, 5) is 13.6. The average Bonchev–Trinajstić information content (AvgIpc) is 2.27. The monoisotopic (exact) mass is 252 g/mol. The highest BCUT2D eigenvalue weighted by atomic mass is 16.5. The van der Waals surface area contributed by atoms with Gasteiger partial charge in [-0.3, -0.25) is 0 Å². The highest BCUT2D eigenvalue weighted by Gasteiger charge is 2.10. The number of benzene rings is 1. The minimum absolute atomic E-state index is 0.200. The van der Waals surface area contributed by atoms with E-state index in [1.54, 1.807) is 25.1 Å². The van der Waals surface area contributed by atoms with Crippen LogP contribution in [0.15, 0.2) is 18.2 Å². The number of aliphatic hydroxyl groups is 1. The van der Waals surface area contributed by atoms with Gasteiger partial charge in [-0.15, -0.1) is 0 Å². The van der Waals surface area contributed by atoms with E-state index in [1.165, 1.54) is 0 Å². The molecule has 0 radical (unpaired) electrons. The van der Waals surface area contributed by atoms with Gasteiger partial charge in [-0.1, -0.05) is 0 Å². The van der Waals surface area contributed by atoms with Crippen LogP contribution in [0.5, 0.6) is 0 Å². The molecule has 0 fully saturated rings. The summed E-state index contributed by atoms with van der Waals surface area (Å²) in [7, 11) is 3.76. The molecule has 0 aliphatic heterocycles. The van der Waals surface area contributed by atoms with E-state index in [1.807, 2.05) is 19.0 Å². The van der Waals surface area contributed by atoms with Gasteiger partial charge < -0.3 is 20.5 Å². The molecular weight excluding hydrogens is 232 g/mol. The number of anilines is 2. The summed E-state index contributed by atoms with van der Waals surface area (Å²) in [6, 6.07) is 5.05. The molecule has 5 heteroatoms. The number of carbonyl (C=O) groups excluding carboxylic acids is 1. The molecule has 0 spiro atoms. The van der Waals surface area contributed by atoms with E-state index >= 15 is 0 Å². The maximum absolute atomic E-state index is 11.7. The first-order valence-corrected chi connectivity index (χ1v) is 5.84. The Morgan fingerprint density at radius 3 is 2.67 bits per heavy atom. The van der Waals surface area contributed by atoms with Gasteiger partial charge >= 0.3 is 5.97 Å². The van der Waals surface area contributed by atoms with Crippen LogP contribution >= 0.6 is 0 Å². The number of hydrogen-bond acceptors (Lipinski definition) is 5. The van der Waals surface area contributed by atoms with E-state index in [4.69, 9.17) is 15.6 Å². The highest BCUT2D eigenvalue weighted by Crippen LogP contribution is 2.22. The Balaban J connectivity index is 2.67. The number of esters is 1. The third-order valence-corrected chi connectivity index (χ3v) is 2.51. The lowest BCUT2D eigenvalue weighted by Crippen LogP contribution is -2.13. The topological polar surface area (TPSA) is 75.8 Å². The molecule has 3 N–H and O–H groups in total. The molecule has 0 aromatic heterocycles. The summed E-state index contributed by atoms with van der Waals surface area (Å²) in [6.45, 7) is 1.85. The van der Waals surface area contributed by atoms with Crippen molar-refractivity contribution in [1.82, 2.24) is 0 Å². The number of carbonyl (C=O) groups is 1. The number of ether oxygens (including phenoxy) is 1. The van der Waals surface area contributed by atoms with Crippen molar-refractivity contribution in [2.75, 3.05) is 31.3 Å². The summed E-state index contributed by atoms with van der Waals surface area (Å²) in [5, 5.41) is 9.06. The first-order valence-electron chi connectivity index (χ1n) is 5.84. The first kappa shape index (κ1) is 14.3. The number of aliphatic hydroxyl groups excluding tert-OH is 1. The minimum atomic E-state index is -0.473. The number of nitrogens with zero attached hydrogens (tertiary/aromatic N) is 1. The number of nitrogens with two attached hydrogens (primary N) is 1. The molecule has 0 amide bonds. The standard InChI is InChI=1S/C13H20N2O3/c1-9(16)6-7-18-13(17)10-4-5-12(15(2)3)11(14)8-10/h4-5,8-9,16H,6-7,14H2,1-3H3. The van der Waals surface area contributed by atoms with Crippen molar-refractivity contribution in [1.29, 1.82) is 0 Å². The maximum Gasteiger partial charge on any atom is 0.338 e. The molecule has 0 saturated carbocycles. The summed E-state index contributed by atoms with van der Waals surface area (Å²) in [6.07, 6.45) is -0.0456. The van der Waals surface area contributed by atoms with Gasteiger partial charge in [0.1, 0.15) is 0 Å². The van der Waals surface area contributed by atoms with Crippen LogP contribution < -0.4 is 10.6 Å². The van der Waals surface area contributed by atoms with Crippen molar-refractivity contribution >= 4 is 17.3 Å². The normalized spacial score (nSPS) is 12.0. The molecule has 18 heavy (non-hydrogen) atoms. The summed E-state index contributed by atoms with van der Waals surface area (Å²) >= 11 is 0. The van der Waals surface area contributed by atoms with Crippen LogP contribution in [0.25, 0.3) is 0 Å². The molecule has 5 nitrogen and oxygen atoms in total. The van der Waals surface area contributed by atoms with E-state index in [9.17, 15) is 4.79 Å². The molecule has 1 aromatic rings. The number of hydrogen-bond donors (Lipinski definition) is 2. The molecule has 0 aliphatic carbocycles. The van der Waals surface area contributed by atoms with Crippen molar-refractivity contribution in [2.45, 2.75) is 19.4 Å². The van der Waals surface area contributed by atoms with Crippen LogP contribution in [0.4, 0.5) is 11.4 Å². The van der Waals surface area contributed by atoms with Gasteiger partial charge in [0, 0.05) is 20.5 Å². The summed E-state index contributed by atoms with van der Waals surface area (Å²) in [5.41, 5.74) is 7.66. The van der Waals surface area contributed by atoms with Gasteiger partial charge in [-0.25, -0.2) is 4.79 Å². The van der Waals surface area contributed by atoms with Crippen molar-refractivity contribution in [3.05, 3.63) is 23.8 Å². The average molecular weight is 252 g/mol. The van der Waals surface area contributed by atoms with Crippen molar-refractivity contribution in [2.24, 2.45) is 0 Å². The fourth-order valence-corrected chi connectivity index (χ4v) is 1.49. The van der Waals surface area contributed by atoms with Crippen LogP contribution in [0.2, 0.25) is 0 Å². The lowest BCUT2D eigenvalue weighted by molar-refractivity contribution is 0.0444. The van der Waals surface area contributed by atoms with Crippen molar-refractivity contribution in [3.63, 3.8) is 0 Å². The van der Waals surface area contributed by atoms with E-state index in [2.05, 4.69) is 0 Å². The van der Waals surface area contributed by atoms with Crippen LogP contribution in [0.3, 0.4) is 0 Å². The van der Waals surface area contributed by atoms with Gasteiger partial charge in [0.05, 0.1) is 29.6 Å². The molecule has 1 rings (SSSR count). The molecule has 1 unspecified atom stereocenters. The van der Waals surface area contributed by atoms with Crippen LogP contribution in [0.1, 0.15) is 23.7 Å². The van der Waals surface area contributed by atoms with Crippen LogP contribution in [0, 0.1) is 0 Å². The minimum Gasteiger partial charge on any atom is -0.462 e. The van der Waals surface area contributed by atoms with Crippen molar-refractivity contribution < 1.29 is 14.6 Å². The van der Waals surface area contributed by atoms with Crippen LogP contribution in [-0.2, 0) is 4.74 Å². The maximum atomic E-state index is 11.7. The highest BCUT2D eigenvalue weighted by molar-refractivity contribution is 5.92. The van der Waals surface area contributed by atoms with Gasteiger partial charge in [0.2, 0.25) is 0 Å². The fraction of sp³-hybridized carbons (Fsp3) is 0.462. The molecule has 0 heterocycles. The second kappa shape index (κ2) is 6.26. The second-order valence-corrected chi connectivity index (χ2v) is 4.44. The molecule has 100 valence electrons. The first-order chi connectivity index (χ1) is 8.41. The third kappa shape index (κ3) is 3.92. The largest absolute Gasteiger partial charge is 0.462 e. The Labute approximate surface area is 107 Å². The SMILES string of the molecule is CC(O)CCOC(=O)c1ccc(N(C)C)c(N)c1. The Morgan fingerprint density at radius 2 is 2.17 bits per heavy atom. The lowest BCUT2D eigenvalue weighted by atomic mass is 10.1. The Bertz CT molecular complexity index is 417. The predicted molar refractivity (Wildman–Crippen MR) is 71.8 cm³/mol.